The van der Waals surface area contributed by atoms with Crippen molar-refractivity contribution in [2.24, 2.45) is 17.4 Å². The summed E-state index contributed by atoms with van der Waals surface area (Å²) in [5.41, 5.74) is 14.9. The molecule has 1 fully saturated rings. The van der Waals surface area contributed by atoms with Crippen LogP contribution in [0.3, 0.4) is 0 Å². The molecule has 1 aliphatic carbocycles. The zero-order valence-corrected chi connectivity index (χ0v) is 18.8. The molecule has 3 rings (SSSR count). The van der Waals surface area contributed by atoms with Gasteiger partial charge in [-0.3, -0.25) is 9.59 Å². The number of amides is 2. The zero-order valence-electron chi connectivity index (χ0n) is 18.8. The quantitative estimate of drug-likeness (QED) is 0.459. The molecule has 1 aliphatic rings. The van der Waals surface area contributed by atoms with E-state index in [-0.39, 0.29) is 11.8 Å². The molecule has 2 unspecified atom stereocenters. The average Bonchev–Trinajstić information content (AvgIpc) is 2.83. The van der Waals surface area contributed by atoms with Gasteiger partial charge >= 0.3 is 0 Å². The number of hydrogen-bond acceptors (Lipinski definition) is 4. The molecular weight excluding hydrogens is 400 g/mol. The lowest BCUT2D eigenvalue weighted by molar-refractivity contribution is -0.129. The second-order valence-corrected chi connectivity index (χ2v) is 8.84. The van der Waals surface area contributed by atoms with Crippen LogP contribution in [-0.4, -0.2) is 23.9 Å². The second-order valence-electron chi connectivity index (χ2n) is 8.84. The smallest absolute Gasteiger partial charge is 0.243 e. The van der Waals surface area contributed by atoms with Gasteiger partial charge in [0.15, 0.2) is 0 Å². The molecule has 0 spiro atoms. The lowest BCUT2D eigenvalue weighted by Crippen LogP contribution is -2.52. The van der Waals surface area contributed by atoms with Gasteiger partial charge in [-0.05, 0) is 29.0 Å². The standard InChI is InChI=1S/C26H36N4O2/c27-17-21-11-13-22(14-12-21)18-29-26(32)24(16-20-9-5-2-6-10-20)30-25(31)23(28)15-19-7-3-1-4-8-19/h2,5-6,9-14,19,23-24H,1,3-4,7-8,15-18,27-28H2,(H,29,32)(H,30,31). The molecule has 2 aromatic carbocycles. The Hall–Kier alpha value is -2.70. The van der Waals surface area contributed by atoms with E-state index in [1.165, 1.54) is 19.3 Å². The first-order valence-corrected chi connectivity index (χ1v) is 11.7. The molecule has 2 aromatic rings. The molecule has 0 aromatic heterocycles. The molecule has 6 heteroatoms. The molecule has 0 bridgehead atoms. The Morgan fingerprint density at radius 2 is 1.53 bits per heavy atom. The number of benzene rings is 2. The van der Waals surface area contributed by atoms with Gasteiger partial charge in [-0.25, -0.2) is 0 Å². The number of nitrogens with one attached hydrogen (secondary N) is 2. The van der Waals surface area contributed by atoms with E-state index in [2.05, 4.69) is 10.6 Å². The van der Waals surface area contributed by atoms with Gasteiger partial charge in [-0.15, -0.1) is 0 Å². The first kappa shape index (κ1) is 24.0. The van der Waals surface area contributed by atoms with E-state index in [9.17, 15) is 9.59 Å². The van der Waals surface area contributed by atoms with Crippen LogP contribution in [0.25, 0.3) is 0 Å². The molecule has 6 N–H and O–H groups in total. The maximum absolute atomic E-state index is 13.0. The van der Waals surface area contributed by atoms with Crippen molar-refractivity contribution in [1.29, 1.82) is 0 Å². The summed E-state index contributed by atoms with van der Waals surface area (Å²) in [4.78, 5) is 25.8. The van der Waals surface area contributed by atoms with E-state index in [0.717, 1.165) is 29.5 Å². The Bertz CT molecular complexity index is 848. The molecule has 6 nitrogen and oxygen atoms in total. The molecule has 172 valence electrons. The van der Waals surface area contributed by atoms with Crippen LogP contribution < -0.4 is 22.1 Å². The normalized spacial score (nSPS) is 16.2. The van der Waals surface area contributed by atoms with Crippen molar-refractivity contribution in [2.75, 3.05) is 0 Å². The largest absolute Gasteiger partial charge is 0.350 e. The third-order valence-corrected chi connectivity index (χ3v) is 6.29. The summed E-state index contributed by atoms with van der Waals surface area (Å²) in [6.45, 7) is 0.873. The summed E-state index contributed by atoms with van der Waals surface area (Å²) in [6, 6.07) is 16.3. The van der Waals surface area contributed by atoms with E-state index in [4.69, 9.17) is 11.5 Å². The van der Waals surface area contributed by atoms with Gasteiger partial charge in [-0.2, -0.15) is 0 Å². The molecule has 0 aliphatic heterocycles. The summed E-state index contributed by atoms with van der Waals surface area (Å²) in [6.07, 6.45) is 7.07. The highest BCUT2D eigenvalue weighted by atomic mass is 16.2. The molecule has 32 heavy (non-hydrogen) atoms. The average molecular weight is 437 g/mol. The van der Waals surface area contributed by atoms with Gasteiger partial charge in [0.2, 0.25) is 11.8 Å². The van der Waals surface area contributed by atoms with Crippen molar-refractivity contribution in [3.05, 3.63) is 71.3 Å². The number of carbonyl (C=O) groups is 2. The van der Waals surface area contributed by atoms with Crippen molar-refractivity contribution in [2.45, 2.75) is 70.1 Å². The fourth-order valence-electron chi connectivity index (χ4n) is 4.33. The number of nitrogens with two attached hydrogens (primary N) is 2. The van der Waals surface area contributed by atoms with Crippen LogP contribution in [0.4, 0.5) is 0 Å². The number of hydrogen-bond donors (Lipinski definition) is 4. The fraction of sp³-hybridized carbons (Fsp3) is 0.462. The zero-order chi connectivity index (χ0) is 22.8. The van der Waals surface area contributed by atoms with Crippen LogP contribution in [0.2, 0.25) is 0 Å². The van der Waals surface area contributed by atoms with Gasteiger partial charge in [0.25, 0.3) is 0 Å². The molecule has 0 radical (unpaired) electrons. The first-order valence-electron chi connectivity index (χ1n) is 11.7. The van der Waals surface area contributed by atoms with Gasteiger partial charge in [-0.1, -0.05) is 86.7 Å². The molecule has 2 atom stereocenters. The molecule has 1 saturated carbocycles. The van der Waals surface area contributed by atoms with Gasteiger partial charge in [0.1, 0.15) is 6.04 Å². The molecule has 0 heterocycles. The summed E-state index contributed by atoms with van der Waals surface area (Å²) in [5, 5.41) is 5.87. The Kier molecular flexibility index (Phi) is 9.26. The Labute approximate surface area is 191 Å². The molecular formula is C26H36N4O2. The summed E-state index contributed by atoms with van der Waals surface area (Å²) in [7, 11) is 0. The summed E-state index contributed by atoms with van der Waals surface area (Å²) in [5.74, 6) is 0.0383. The molecule has 0 saturated heterocycles. The highest BCUT2D eigenvalue weighted by Crippen LogP contribution is 2.27. The minimum absolute atomic E-state index is 0.213. The van der Waals surface area contributed by atoms with Crippen molar-refractivity contribution in [3.8, 4) is 0 Å². The summed E-state index contributed by atoms with van der Waals surface area (Å²) < 4.78 is 0. The first-order chi connectivity index (χ1) is 15.5. The van der Waals surface area contributed by atoms with Crippen molar-refractivity contribution in [1.82, 2.24) is 10.6 Å². The fourth-order valence-corrected chi connectivity index (χ4v) is 4.33. The van der Waals surface area contributed by atoms with E-state index in [0.29, 0.717) is 31.8 Å². The number of carbonyl (C=O) groups excluding carboxylic acids is 2. The van der Waals surface area contributed by atoms with Gasteiger partial charge in [0, 0.05) is 19.5 Å². The minimum atomic E-state index is -0.675. The molecule has 2 amide bonds. The highest BCUT2D eigenvalue weighted by molar-refractivity contribution is 5.89. The predicted octanol–water partition coefficient (Wildman–Crippen LogP) is 2.79. The van der Waals surface area contributed by atoms with Crippen LogP contribution in [0.1, 0.15) is 55.2 Å². The van der Waals surface area contributed by atoms with E-state index in [1.807, 2.05) is 54.6 Å². The monoisotopic (exact) mass is 436 g/mol. The summed E-state index contributed by atoms with van der Waals surface area (Å²) >= 11 is 0. The highest BCUT2D eigenvalue weighted by Gasteiger charge is 2.26. The van der Waals surface area contributed by atoms with Crippen LogP contribution in [-0.2, 0) is 29.1 Å². The van der Waals surface area contributed by atoms with Crippen LogP contribution in [0.15, 0.2) is 54.6 Å². The topological polar surface area (TPSA) is 110 Å². The Morgan fingerprint density at radius 3 is 2.19 bits per heavy atom. The van der Waals surface area contributed by atoms with E-state index >= 15 is 0 Å². The number of rotatable bonds is 10. The van der Waals surface area contributed by atoms with Crippen molar-refractivity contribution >= 4 is 11.8 Å². The maximum Gasteiger partial charge on any atom is 0.243 e. The third kappa shape index (κ3) is 7.46. The van der Waals surface area contributed by atoms with Crippen molar-refractivity contribution in [3.63, 3.8) is 0 Å². The van der Waals surface area contributed by atoms with Gasteiger partial charge < -0.3 is 22.1 Å². The van der Waals surface area contributed by atoms with Crippen molar-refractivity contribution < 1.29 is 9.59 Å². The maximum atomic E-state index is 13.0. The van der Waals surface area contributed by atoms with E-state index in [1.54, 1.807) is 0 Å². The second kappa shape index (κ2) is 12.4. The van der Waals surface area contributed by atoms with Gasteiger partial charge in [0.05, 0.1) is 6.04 Å². The Balaban J connectivity index is 1.60. The third-order valence-electron chi connectivity index (χ3n) is 6.29. The van der Waals surface area contributed by atoms with Crippen LogP contribution >= 0.6 is 0 Å². The van der Waals surface area contributed by atoms with Crippen LogP contribution in [0.5, 0.6) is 0 Å². The lowest BCUT2D eigenvalue weighted by Gasteiger charge is -2.25. The predicted molar refractivity (Wildman–Crippen MR) is 127 cm³/mol. The SMILES string of the molecule is NCc1ccc(CNC(=O)C(Cc2ccccc2)NC(=O)C(N)CC2CCCCC2)cc1. The lowest BCUT2D eigenvalue weighted by atomic mass is 9.85. The van der Waals surface area contributed by atoms with E-state index < -0.39 is 12.1 Å². The van der Waals surface area contributed by atoms with Crippen LogP contribution in [0, 0.1) is 5.92 Å². The minimum Gasteiger partial charge on any atom is -0.350 e. The Morgan fingerprint density at radius 1 is 0.875 bits per heavy atom.